The van der Waals surface area contributed by atoms with E-state index in [-0.39, 0.29) is 0 Å². The number of halogens is 1. The monoisotopic (exact) mass is 327 g/mol. The van der Waals surface area contributed by atoms with Crippen LogP contribution in [-0.4, -0.2) is 4.98 Å². The van der Waals surface area contributed by atoms with Crippen molar-refractivity contribution in [2.75, 3.05) is 10.6 Å². The highest BCUT2D eigenvalue weighted by Crippen LogP contribution is 2.17. The standard InChI is InChI=1S/C17H14ClN3O2/c18-12-5-3-4-11(8-12)9-20-14-15(17(23)16(14)22)21-10-13-6-1-2-7-19-13/h1-8,20-21H,9-10H2. The second kappa shape index (κ2) is 6.62. The van der Waals surface area contributed by atoms with Crippen LogP contribution in [0.5, 0.6) is 0 Å². The quantitative estimate of drug-likeness (QED) is 0.681. The van der Waals surface area contributed by atoms with E-state index >= 15 is 0 Å². The van der Waals surface area contributed by atoms with Gasteiger partial charge in [0.25, 0.3) is 10.9 Å². The second-order valence-corrected chi connectivity index (χ2v) is 5.50. The summed E-state index contributed by atoms with van der Waals surface area (Å²) in [7, 11) is 0. The van der Waals surface area contributed by atoms with E-state index in [1.165, 1.54) is 0 Å². The lowest BCUT2D eigenvalue weighted by atomic mass is 10.1. The number of nitrogens with one attached hydrogen (secondary N) is 2. The van der Waals surface area contributed by atoms with Crippen molar-refractivity contribution >= 4 is 23.0 Å². The van der Waals surface area contributed by atoms with Gasteiger partial charge in [0.2, 0.25) is 0 Å². The minimum absolute atomic E-state index is 0.308. The first kappa shape index (κ1) is 15.2. The number of nitrogens with zero attached hydrogens (tertiary/aromatic N) is 1. The van der Waals surface area contributed by atoms with E-state index in [1.54, 1.807) is 18.3 Å². The van der Waals surface area contributed by atoms with Gasteiger partial charge in [-0.15, -0.1) is 0 Å². The van der Waals surface area contributed by atoms with Gasteiger partial charge in [-0.3, -0.25) is 14.6 Å². The summed E-state index contributed by atoms with van der Waals surface area (Å²) in [6.45, 7) is 0.807. The molecule has 0 atom stereocenters. The van der Waals surface area contributed by atoms with Crippen molar-refractivity contribution in [3.05, 3.63) is 85.4 Å². The van der Waals surface area contributed by atoms with Gasteiger partial charge in [0.05, 0.1) is 12.2 Å². The number of anilines is 2. The van der Waals surface area contributed by atoms with Crippen LogP contribution in [0.2, 0.25) is 5.02 Å². The Kier molecular flexibility index (Phi) is 4.39. The van der Waals surface area contributed by atoms with Crippen LogP contribution in [0.25, 0.3) is 0 Å². The minimum atomic E-state index is -0.505. The van der Waals surface area contributed by atoms with Crippen molar-refractivity contribution in [2.45, 2.75) is 13.1 Å². The van der Waals surface area contributed by atoms with Crippen LogP contribution >= 0.6 is 11.6 Å². The molecule has 0 fully saturated rings. The Morgan fingerprint density at radius 3 is 2.30 bits per heavy atom. The van der Waals surface area contributed by atoms with Gasteiger partial charge >= 0.3 is 0 Å². The van der Waals surface area contributed by atoms with E-state index in [9.17, 15) is 9.59 Å². The highest BCUT2D eigenvalue weighted by Gasteiger charge is 2.20. The molecule has 3 rings (SSSR count). The van der Waals surface area contributed by atoms with Crippen LogP contribution in [0.1, 0.15) is 11.3 Å². The molecule has 0 saturated heterocycles. The molecule has 0 aliphatic rings. The van der Waals surface area contributed by atoms with E-state index in [4.69, 9.17) is 11.6 Å². The fourth-order valence-electron chi connectivity index (χ4n) is 2.25. The van der Waals surface area contributed by atoms with Gasteiger partial charge in [-0.1, -0.05) is 29.8 Å². The highest BCUT2D eigenvalue weighted by molar-refractivity contribution is 6.30. The molecular formula is C17H14ClN3O2. The van der Waals surface area contributed by atoms with E-state index in [0.717, 1.165) is 11.3 Å². The third-order valence-electron chi connectivity index (χ3n) is 3.44. The molecule has 0 bridgehead atoms. The number of hydrogen-bond donors (Lipinski definition) is 2. The molecule has 5 nitrogen and oxygen atoms in total. The number of benzene rings is 1. The molecule has 0 amide bonds. The molecule has 2 aromatic carbocycles. The second-order valence-electron chi connectivity index (χ2n) is 5.07. The van der Waals surface area contributed by atoms with Crippen LogP contribution < -0.4 is 21.5 Å². The maximum absolute atomic E-state index is 11.7. The third-order valence-corrected chi connectivity index (χ3v) is 3.68. The SMILES string of the molecule is O=c1c(NCc2cccc(Cl)c2)c(NCc2ccccn2)c1=O. The molecule has 0 saturated carbocycles. The summed E-state index contributed by atoms with van der Waals surface area (Å²) in [5.41, 5.74) is 1.33. The minimum Gasteiger partial charge on any atom is -0.376 e. The smallest absolute Gasteiger partial charge is 0.253 e. The van der Waals surface area contributed by atoms with E-state index in [0.29, 0.717) is 29.5 Å². The number of hydrogen-bond acceptors (Lipinski definition) is 5. The molecule has 3 aromatic rings. The first-order valence-corrected chi connectivity index (χ1v) is 7.48. The van der Waals surface area contributed by atoms with Gasteiger partial charge in [-0.05, 0) is 29.8 Å². The van der Waals surface area contributed by atoms with Crippen molar-refractivity contribution in [3.8, 4) is 0 Å². The van der Waals surface area contributed by atoms with Crippen molar-refractivity contribution in [2.24, 2.45) is 0 Å². The van der Waals surface area contributed by atoms with Gasteiger partial charge in [0.1, 0.15) is 11.4 Å². The Bertz CT molecular complexity index is 886. The van der Waals surface area contributed by atoms with Crippen molar-refractivity contribution < 1.29 is 0 Å². The summed E-state index contributed by atoms with van der Waals surface area (Å²) in [5, 5.41) is 6.60. The number of pyridine rings is 1. The highest BCUT2D eigenvalue weighted by atomic mass is 35.5. The summed E-state index contributed by atoms with van der Waals surface area (Å²) < 4.78 is 0. The first-order valence-electron chi connectivity index (χ1n) is 7.10. The number of rotatable bonds is 6. The molecule has 0 aliphatic carbocycles. The topological polar surface area (TPSA) is 71.1 Å². The van der Waals surface area contributed by atoms with Crippen LogP contribution in [0.3, 0.4) is 0 Å². The van der Waals surface area contributed by atoms with Crippen LogP contribution in [0, 0.1) is 0 Å². The maximum Gasteiger partial charge on any atom is 0.253 e. The fraction of sp³-hybridized carbons (Fsp3) is 0.118. The zero-order valence-electron chi connectivity index (χ0n) is 12.2. The Morgan fingerprint density at radius 1 is 0.913 bits per heavy atom. The third kappa shape index (κ3) is 3.40. The predicted molar refractivity (Wildman–Crippen MR) is 91.7 cm³/mol. The fourth-order valence-corrected chi connectivity index (χ4v) is 2.46. The van der Waals surface area contributed by atoms with Crippen LogP contribution in [0.15, 0.2) is 58.3 Å². The lowest BCUT2D eigenvalue weighted by Gasteiger charge is -2.14. The van der Waals surface area contributed by atoms with Crippen molar-refractivity contribution in [1.29, 1.82) is 0 Å². The normalized spacial score (nSPS) is 10.7. The van der Waals surface area contributed by atoms with Crippen molar-refractivity contribution in [1.82, 2.24) is 4.98 Å². The lowest BCUT2D eigenvalue weighted by Crippen LogP contribution is -2.37. The molecule has 0 spiro atoms. The summed E-state index contributed by atoms with van der Waals surface area (Å²) >= 11 is 5.93. The molecule has 0 unspecified atom stereocenters. The predicted octanol–water partition coefficient (Wildman–Crippen LogP) is 2.56. The summed E-state index contributed by atoms with van der Waals surface area (Å²) in [4.78, 5) is 27.6. The van der Waals surface area contributed by atoms with Gasteiger partial charge in [0.15, 0.2) is 0 Å². The lowest BCUT2D eigenvalue weighted by molar-refractivity contribution is 1.03. The zero-order valence-corrected chi connectivity index (χ0v) is 12.9. The van der Waals surface area contributed by atoms with Gasteiger partial charge < -0.3 is 10.6 Å². The van der Waals surface area contributed by atoms with Crippen molar-refractivity contribution in [3.63, 3.8) is 0 Å². The first-order chi connectivity index (χ1) is 11.1. The molecule has 0 radical (unpaired) electrons. The maximum atomic E-state index is 11.7. The Balaban J connectivity index is 1.68. The molecule has 116 valence electrons. The summed E-state index contributed by atoms with van der Waals surface area (Å²) in [6, 6.07) is 12.8. The summed E-state index contributed by atoms with van der Waals surface area (Å²) in [5.74, 6) is 0. The summed E-state index contributed by atoms with van der Waals surface area (Å²) in [6.07, 6.45) is 1.68. The van der Waals surface area contributed by atoms with E-state index in [2.05, 4.69) is 15.6 Å². The molecule has 1 aromatic heterocycles. The molecule has 6 heteroatoms. The molecule has 23 heavy (non-hydrogen) atoms. The Hall–Kier alpha value is -2.66. The zero-order chi connectivity index (χ0) is 16.2. The molecule has 0 aliphatic heterocycles. The largest absolute Gasteiger partial charge is 0.376 e. The van der Waals surface area contributed by atoms with Gasteiger partial charge in [0, 0.05) is 17.8 Å². The molecular weight excluding hydrogens is 314 g/mol. The Labute approximate surface area is 137 Å². The van der Waals surface area contributed by atoms with E-state index < -0.39 is 10.9 Å². The van der Waals surface area contributed by atoms with Crippen LogP contribution in [-0.2, 0) is 13.1 Å². The molecule has 1 heterocycles. The van der Waals surface area contributed by atoms with Crippen LogP contribution in [0.4, 0.5) is 11.4 Å². The van der Waals surface area contributed by atoms with Gasteiger partial charge in [-0.2, -0.15) is 0 Å². The van der Waals surface area contributed by atoms with E-state index in [1.807, 2.05) is 30.3 Å². The number of aromatic nitrogens is 1. The molecule has 2 N–H and O–H groups in total. The Morgan fingerprint density at radius 2 is 1.65 bits per heavy atom. The van der Waals surface area contributed by atoms with Gasteiger partial charge in [-0.25, -0.2) is 0 Å². The average molecular weight is 328 g/mol. The average Bonchev–Trinajstić information content (AvgIpc) is 2.58.